The van der Waals surface area contributed by atoms with E-state index < -0.39 is 11.9 Å². The smallest absolute Gasteiger partial charge is 0.249 e. The van der Waals surface area contributed by atoms with Crippen LogP contribution in [0.4, 0.5) is 0 Å². The average Bonchev–Trinajstić information content (AvgIpc) is 2.75. The number of amides is 3. The number of hydrogen-bond donors (Lipinski definition) is 2. The first-order valence-electron chi connectivity index (χ1n) is 5.10. The minimum absolute atomic E-state index is 0.00226. The standard InChI is InChI=1S/C9H11N5O3/c15-7-2-1-6(9(17)13-7)12-8(16)3-14-5-10-4-11-14/h4-6H,1-3H2,(H,12,16)(H,13,15,17). The van der Waals surface area contributed by atoms with Gasteiger partial charge in [0.15, 0.2) is 0 Å². The fourth-order valence-corrected chi connectivity index (χ4v) is 1.53. The molecule has 8 heteroatoms. The molecule has 0 radical (unpaired) electrons. The number of nitrogens with zero attached hydrogens (tertiary/aromatic N) is 3. The number of hydrogen-bond acceptors (Lipinski definition) is 5. The van der Waals surface area contributed by atoms with Gasteiger partial charge in [-0.05, 0) is 6.42 Å². The molecule has 17 heavy (non-hydrogen) atoms. The summed E-state index contributed by atoms with van der Waals surface area (Å²) in [5.74, 6) is -1.12. The van der Waals surface area contributed by atoms with E-state index in [-0.39, 0.29) is 24.8 Å². The van der Waals surface area contributed by atoms with Gasteiger partial charge in [-0.25, -0.2) is 9.67 Å². The topological polar surface area (TPSA) is 106 Å². The maximum Gasteiger partial charge on any atom is 0.249 e. The van der Waals surface area contributed by atoms with Crippen LogP contribution >= 0.6 is 0 Å². The van der Waals surface area contributed by atoms with E-state index in [0.29, 0.717) is 6.42 Å². The Balaban J connectivity index is 1.86. The monoisotopic (exact) mass is 237 g/mol. The summed E-state index contributed by atoms with van der Waals surface area (Å²) >= 11 is 0. The summed E-state index contributed by atoms with van der Waals surface area (Å²) < 4.78 is 1.35. The van der Waals surface area contributed by atoms with Gasteiger partial charge in [-0.3, -0.25) is 19.7 Å². The third-order valence-electron chi connectivity index (χ3n) is 2.35. The van der Waals surface area contributed by atoms with Crippen molar-refractivity contribution in [2.75, 3.05) is 0 Å². The Hall–Kier alpha value is -2.25. The zero-order valence-electron chi connectivity index (χ0n) is 8.92. The molecule has 2 rings (SSSR count). The summed E-state index contributed by atoms with van der Waals surface area (Å²) in [5, 5.41) is 8.47. The van der Waals surface area contributed by atoms with Crippen molar-refractivity contribution in [1.82, 2.24) is 25.4 Å². The Morgan fingerprint density at radius 1 is 1.59 bits per heavy atom. The zero-order valence-corrected chi connectivity index (χ0v) is 8.92. The molecule has 8 nitrogen and oxygen atoms in total. The second-order valence-corrected chi connectivity index (χ2v) is 3.66. The lowest BCUT2D eigenvalue weighted by Gasteiger charge is -2.21. The van der Waals surface area contributed by atoms with Crippen LogP contribution in [0.2, 0.25) is 0 Å². The lowest BCUT2D eigenvalue weighted by molar-refractivity contribution is -0.137. The lowest BCUT2D eigenvalue weighted by atomic mass is 10.1. The van der Waals surface area contributed by atoms with Gasteiger partial charge in [0.2, 0.25) is 17.7 Å². The van der Waals surface area contributed by atoms with E-state index >= 15 is 0 Å². The Morgan fingerprint density at radius 3 is 3.06 bits per heavy atom. The first kappa shape index (κ1) is 11.2. The second-order valence-electron chi connectivity index (χ2n) is 3.66. The summed E-state index contributed by atoms with van der Waals surface area (Å²) in [6.45, 7) is -0.00226. The van der Waals surface area contributed by atoms with Crippen molar-refractivity contribution in [1.29, 1.82) is 0 Å². The molecule has 0 spiro atoms. The number of carbonyl (C=O) groups excluding carboxylic acids is 3. The molecule has 1 aliphatic rings. The molecule has 1 aromatic heterocycles. The molecule has 1 unspecified atom stereocenters. The fourth-order valence-electron chi connectivity index (χ4n) is 1.53. The quantitative estimate of drug-likeness (QED) is 0.603. The Labute approximate surface area is 96.4 Å². The van der Waals surface area contributed by atoms with Crippen molar-refractivity contribution in [3.63, 3.8) is 0 Å². The van der Waals surface area contributed by atoms with Crippen LogP contribution < -0.4 is 10.6 Å². The summed E-state index contributed by atoms with van der Waals surface area (Å²) in [6.07, 6.45) is 3.29. The minimum Gasteiger partial charge on any atom is -0.343 e. The van der Waals surface area contributed by atoms with Crippen molar-refractivity contribution in [3.05, 3.63) is 12.7 Å². The third kappa shape index (κ3) is 2.86. The van der Waals surface area contributed by atoms with Crippen LogP contribution in [0.25, 0.3) is 0 Å². The predicted molar refractivity (Wildman–Crippen MR) is 54.3 cm³/mol. The first-order valence-corrected chi connectivity index (χ1v) is 5.10. The van der Waals surface area contributed by atoms with Crippen molar-refractivity contribution in [2.45, 2.75) is 25.4 Å². The number of piperidine rings is 1. The van der Waals surface area contributed by atoms with E-state index in [1.54, 1.807) is 0 Å². The van der Waals surface area contributed by atoms with Crippen molar-refractivity contribution < 1.29 is 14.4 Å². The molecular weight excluding hydrogens is 226 g/mol. The molecule has 1 aliphatic heterocycles. The van der Waals surface area contributed by atoms with Crippen molar-refractivity contribution in [2.24, 2.45) is 0 Å². The van der Waals surface area contributed by atoms with Crippen LogP contribution in [0.3, 0.4) is 0 Å². The molecule has 1 atom stereocenters. The molecule has 0 bridgehead atoms. The highest BCUT2D eigenvalue weighted by molar-refractivity contribution is 6.01. The molecule has 2 N–H and O–H groups in total. The van der Waals surface area contributed by atoms with Crippen LogP contribution in [-0.2, 0) is 20.9 Å². The van der Waals surface area contributed by atoms with Gasteiger partial charge >= 0.3 is 0 Å². The molecule has 0 saturated carbocycles. The van der Waals surface area contributed by atoms with Gasteiger partial charge in [-0.2, -0.15) is 5.10 Å². The van der Waals surface area contributed by atoms with Gasteiger partial charge in [0.1, 0.15) is 25.2 Å². The summed E-state index contributed by atoms with van der Waals surface area (Å²) in [7, 11) is 0. The van der Waals surface area contributed by atoms with Gasteiger partial charge in [0.05, 0.1) is 0 Å². The Morgan fingerprint density at radius 2 is 2.41 bits per heavy atom. The molecule has 1 saturated heterocycles. The first-order chi connectivity index (χ1) is 8.15. The average molecular weight is 237 g/mol. The van der Waals surface area contributed by atoms with Crippen LogP contribution in [0, 0.1) is 0 Å². The molecule has 1 fully saturated rings. The fraction of sp³-hybridized carbons (Fsp3) is 0.444. The lowest BCUT2D eigenvalue weighted by Crippen LogP contribution is -2.52. The molecule has 3 amide bonds. The van der Waals surface area contributed by atoms with Crippen LogP contribution in [0.5, 0.6) is 0 Å². The van der Waals surface area contributed by atoms with Gasteiger partial charge in [-0.15, -0.1) is 0 Å². The van der Waals surface area contributed by atoms with Gasteiger partial charge < -0.3 is 5.32 Å². The summed E-state index contributed by atoms with van der Waals surface area (Å²) in [4.78, 5) is 37.5. The van der Waals surface area contributed by atoms with Gasteiger partial charge in [0, 0.05) is 6.42 Å². The normalized spacial score (nSPS) is 19.9. The molecule has 90 valence electrons. The minimum atomic E-state index is -0.649. The third-order valence-corrected chi connectivity index (χ3v) is 2.35. The molecule has 0 aliphatic carbocycles. The number of aromatic nitrogens is 3. The van der Waals surface area contributed by atoms with Crippen LogP contribution in [-0.4, -0.2) is 38.5 Å². The largest absolute Gasteiger partial charge is 0.343 e. The maximum atomic E-state index is 11.5. The predicted octanol–water partition coefficient (Wildman–Crippen LogP) is -1.80. The Bertz CT molecular complexity index is 441. The SMILES string of the molecule is O=C1CCC(NC(=O)Cn2cncn2)C(=O)N1. The molecule has 1 aromatic rings. The second kappa shape index (κ2) is 4.73. The number of nitrogens with one attached hydrogen (secondary N) is 2. The highest BCUT2D eigenvalue weighted by Crippen LogP contribution is 2.04. The highest BCUT2D eigenvalue weighted by atomic mass is 16.2. The number of imide groups is 1. The van der Waals surface area contributed by atoms with E-state index in [1.807, 2.05) is 0 Å². The summed E-state index contributed by atoms with van der Waals surface area (Å²) in [5.41, 5.74) is 0. The number of carbonyl (C=O) groups is 3. The highest BCUT2D eigenvalue weighted by Gasteiger charge is 2.27. The summed E-state index contributed by atoms with van der Waals surface area (Å²) in [6, 6.07) is -0.649. The van der Waals surface area contributed by atoms with E-state index in [9.17, 15) is 14.4 Å². The molecule has 2 heterocycles. The van der Waals surface area contributed by atoms with E-state index in [1.165, 1.54) is 17.3 Å². The number of rotatable bonds is 3. The van der Waals surface area contributed by atoms with Gasteiger partial charge in [0.25, 0.3) is 0 Å². The molecular formula is C9H11N5O3. The Kier molecular flexibility index (Phi) is 3.12. The van der Waals surface area contributed by atoms with Crippen molar-refractivity contribution in [3.8, 4) is 0 Å². The zero-order chi connectivity index (χ0) is 12.3. The maximum absolute atomic E-state index is 11.5. The molecule has 0 aromatic carbocycles. The van der Waals surface area contributed by atoms with Crippen LogP contribution in [0.15, 0.2) is 12.7 Å². The van der Waals surface area contributed by atoms with Gasteiger partial charge in [-0.1, -0.05) is 0 Å². The van der Waals surface area contributed by atoms with E-state index in [2.05, 4.69) is 20.7 Å². The van der Waals surface area contributed by atoms with E-state index in [0.717, 1.165) is 0 Å². The van der Waals surface area contributed by atoms with Crippen molar-refractivity contribution >= 4 is 17.7 Å². The van der Waals surface area contributed by atoms with E-state index in [4.69, 9.17) is 0 Å². The van der Waals surface area contributed by atoms with Crippen LogP contribution in [0.1, 0.15) is 12.8 Å².